The van der Waals surface area contributed by atoms with E-state index in [0.717, 1.165) is 28.1 Å². The Morgan fingerprint density at radius 1 is 1.50 bits per heavy atom. The van der Waals surface area contributed by atoms with Crippen LogP contribution in [0.5, 0.6) is 5.75 Å². The molecule has 0 saturated heterocycles. The Kier molecular flexibility index (Phi) is 4.38. The molecule has 2 aromatic rings. The number of hydrogen-bond acceptors (Lipinski definition) is 4. The van der Waals surface area contributed by atoms with Crippen molar-refractivity contribution in [1.82, 2.24) is 10.3 Å². The van der Waals surface area contributed by atoms with Gasteiger partial charge < -0.3 is 14.5 Å². The standard InChI is InChI=1S/C13H15BrN2O2/c1-3-16-12(11-4-5-18-13(11)14)9-6-10(17-2)8-15-7-9/h4-8,12,16H,3H2,1-2H3. The first-order valence-electron chi connectivity index (χ1n) is 5.71. The Morgan fingerprint density at radius 3 is 2.94 bits per heavy atom. The molecule has 5 heteroatoms. The van der Waals surface area contributed by atoms with E-state index in [2.05, 4.69) is 33.2 Å². The molecule has 0 amide bonds. The van der Waals surface area contributed by atoms with Gasteiger partial charge in [-0.2, -0.15) is 0 Å². The highest BCUT2D eigenvalue weighted by atomic mass is 79.9. The number of pyridine rings is 1. The van der Waals surface area contributed by atoms with Crippen LogP contribution < -0.4 is 10.1 Å². The number of nitrogens with zero attached hydrogens (tertiary/aromatic N) is 1. The lowest BCUT2D eigenvalue weighted by molar-refractivity contribution is 0.411. The summed E-state index contributed by atoms with van der Waals surface area (Å²) in [5.41, 5.74) is 2.09. The zero-order chi connectivity index (χ0) is 13.0. The number of ether oxygens (including phenoxy) is 1. The third-order valence-electron chi connectivity index (χ3n) is 2.67. The molecule has 1 atom stereocenters. The van der Waals surface area contributed by atoms with Gasteiger partial charge in [0.1, 0.15) is 5.75 Å². The zero-order valence-corrected chi connectivity index (χ0v) is 11.9. The van der Waals surface area contributed by atoms with E-state index in [-0.39, 0.29) is 6.04 Å². The van der Waals surface area contributed by atoms with Crippen LogP contribution in [0.4, 0.5) is 0 Å². The van der Waals surface area contributed by atoms with Crippen molar-refractivity contribution in [1.29, 1.82) is 0 Å². The van der Waals surface area contributed by atoms with Crippen LogP contribution in [0.1, 0.15) is 24.1 Å². The highest BCUT2D eigenvalue weighted by Crippen LogP contribution is 2.30. The number of aromatic nitrogens is 1. The molecule has 96 valence electrons. The van der Waals surface area contributed by atoms with E-state index < -0.39 is 0 Å². The average Bonchev–Trinajstić information content (AvgIpc) is 2.82. The number of halogens is 1. The van der Waals surface area contributed by atoms with Crippen LogP contribution in [-0.4, -0.2) is 18.6 Å². The molecular weight excluding hydrogens is 296 g/mol. The molecule has 0 bridgehead atoms. The van der Waals surface area contributed by atoms with Crippen LogP contribution in [0.25, 0.3) is 0 Å². The molecule has 2 heterocycles. The number of hydrogen-bond donors (Lipinski definition) is 1. The van der Waals surface area contributed by atoms with Crippen molar-refractivity contribution >= 4 is 15.9 Å². The summed E-state index contributed by atoms with van der Waals surface area (Å²) >= 11 is 3.41. The SMILES string of the molecule is CCNC(c1cncc(OC)c1)c1ccoc1Br. The normalized spacial score (nSPS) is 12.4. The first-order valence-corrected chi connectivity index (χ1v) is 6.50. The van der Waals surface area contributed by atoms with Crippen molar-refractivity contribution in [2.45, 2.75) is 13.0 Å². The lowest BCUT2D eigenvalue weighted by Crippen LogP contribution is -2.22. The smallest absolute Gasteiger partial charge is 0.174 e. The maximum Gasteiger partial charge on any atom is 0.174 e. The van der Waals surface area contributed by atoms with Gasteiger partial charge in [-0.05, 0) is 40.2 Å². The molecule has 2 rings (SSSR count). The molecule has 1 N–H and O–H groups in total. The summed E-state index contributed by atoms with van der Waals surface area (Å²) in [6.07, 6.45) is 5.18. The van der Waals surface area contributed by atoms with E-state index in [1.165, 1.54) is 0 Å². The van der Waals surface area contributed by atoms with E-state index >= 15 is 0 Å². The van der Waals surface area contributed by atoms with Crippen molar-refractivity contribution in [3.05, 3.63) is 46.6 Å². The van der Waals surface area contributed by atoms with Gasteiger partial charge in [0.15, 0.2) is 4.67 Å². The predicted octanol–water partition coefficient (Wildman–Crippen LogP) is 3.14. The van der Waals surface area contributed by atoms with E-state index in [9.17, 15) is 0 Å². The average molecular weight is 311 g/mol. The zero-order valence-electron chi connectivity index (χ0n) is 10.3. The second-order valence-electron chi connectivity index (χ2n) is 3.80. The van der Waals surface area contributed by atoms with Crippen molar-refractivity contribution in [3.63, 3.8) is 0 Å². The minimum absolute atomic E-state index is 0.0331. The molecular formula is C13H15BrN2O2. The number of rotatable bonds is 5. The van der Waals surface area contributed by atoms with E-state index in [0.29, 0.717) is 0 Å². The van der Waals surface area contributed by atoms with Gasteiger partial charge in [-0.1, -0.05) is 6.92 Å². The Balaban J connectivity index is 2.38. The van der Waals surface area contributed by atoms with Gasteiger partial charge >= 0.3 is 0 Å². The Bertz CT molecular complexity index is 513. The summed E-state index contributed by atoms with van der Waals surface area (Å²) < 4.78 is 11.2. The molecule has 4 nitrogen and oxygen atoms in total. The molecule has 0 aliphatic carbocycles. The van der Waals surface area contributed by atoms with Gasteiger partial charge in [0.2, 0.25) is 0 Å². The third kappa shape index (κ3) is 2.73. The fourth-order valence-electron chi connectivity index (χ4n) is 1.83. The number of nitrogens with one attached hydrogen (secondary N) is 1. The maximum atomic E-state index is 5.29. The molecule has 0 aromatic carbocycles. The van der Waals surface area contributed by atoms with Crippen LogP contribution in [0.2, 0.25) is 0 Å². The summed E-state index contributed by atoms with van der Waals surface area (Å²) in [6, 6.07) is 3.95. The molecule has 0 aliphatic rings. The van der Waals surface area contributed by atoms with Gasteiger partial charge in [0.25, 0.3) is 0 Å². The number of methoxy groups -OCH3 is 1. The molecule has 2 aromatic heterocycles. The molecule has 1 unspecified atom stereocenters. The minimum Gasteiger partial charge on any atom is -0.495 e. The third-order valence-corrected chi connectivity index (χ3v) is 3.31. The van der Waals surface area contributed by atoms with Crippen LogP contribution in [-0.2, 0) is 0 Å². The molecule has 18 heavy (non-hydrogen) atoms. The lowest BCUT2D eigenvalue weighted by Gasteiger charge is -2.17. The van der Waals surface area contributed by atoms with Gasteiger partial charge in [0.05, 0.1) is 25.6 Å². The molecule has 0 fully saturated rings. The van der Waals surface area contributed by atoms with E-state index in [1.807, 2.05) is 18.3 Å². The number of furan rings is 1. The second-order valence-corrected chi connectivity index (χ2v) is 4.52. The van der Waals surface area contributed by atoms with Crippen molar-refractivity contribution in [3.8, 4) is 5.75 Å². The van der Waals surface area contributed by atoms with Crippen LogP contribution in [0, 0.1) is 0 Å². The Morgan fingerprint density at radius 2 is 2.33 bits per heavy atom. The fourth-order valence-corrected chi connectivity index (χ4v) is 2.30. The van der Waals surface area contributed by atoms with Crippen molar-refractivity contribution < 1.29 is 9.15 Å². The van der Waals surface area contributed by atoms with E-state index in [4.69, 9.17) is 9.15 Å². The van der Waals surface area contributed by atoms with Crippen LogP contribution >= 0.6 is 15.9 Å². The lowest BCUT2D eigenvalue weighted by atomic mass is 10.0. The Hall–Kier alpha value is -1.33. The van der Waals surface area contributed by atoms with Gasteiger partial charge in [-0.15, -0.1) is 0 Å². The molecule has 0 saturated carbocycles. The summed E-state index contributed by atoms with van der Waals surface area (Å²) in [7, 11) is 1.64. The maximum absolute atomic E-state index is 5.29. The monoisotopic (exact) mass is 310 g/mol. The quantitative estimate of drug-likeness (QED) is 0.921. The summed E-state index contributed by atoms with van der Waals surface area (Å²) in [5.74, 6) is 0.745. The highest BCUT2D eigenvalue weighted by Gasteiger charge is 2.18. The van der Waals surface area contributed by atoms with E-state index in [1.54, 1.807) is 19.6 Å². The predicted molar refractivity (Wildman–Crippen MR) is 72.7 cm³/mol. The second kappa shape index (κ2) is 6.02. The van der Waals surface area contributed by atoms with Crippen molar-refractivity contribution in [2.24, 2.45) is 0 Å². The van der Waals surface area contributed by atoms with Crippen LogP contribution in [0.15, 0.2) is 39.9 Å². The van der Waals surface area contributed by atoms with Gasteiger partial charge in [-0.25, -0.2) is 0 Å². The molecule has 0 spiro atoms. The topological polar surface area (TPSA) is 47.3 Å². The summed E-state index contributed by atoms with van der Waals surface area (Å²) in [5, 5.41) is 3.41. The summed E-state index contributed by atoms with van der Waals surface area (Å²) in [6.45, 7) is 2.91. The fraction of sp³-hybridized carbons (Fsp3) is 0.308. The largest absolute Gasteiger partial charge is 0.495 e. The molecule has 0 radical (unpaired) electrons. The molecule has 0 aliphatic heterocycles. The van der Waals surface area contributed by atoms with Crippen molar-refractivity contribution in [2.75, 3.05) is 13.7 Å². The first-order chi connectivity index (χ1) is 8.76. The highest BCUT2D eigenvalue weighted by molar-refractivity contribution is 9.10. The minimum atomic E-state index is 0.0331. The van der Waals surface area contributed by atoms with Gasteiger partial charge in [-0.3, -0.25) is 4.98 Å². The summed E-state index contributed by atoms with van der Waals surface area (Å²) in [4.78, 5) is 4.19. The first kappa shape index (κ1) is 13.1. The Labute approximate surface area is 114 Å². The van der Waals surface area contributed by atoms with Crippen LogP contribution in [0.3, 0.4) is 0 Å². The van der Waals surface area contributed by atoms with Gasteiger partial charge in [0, 0.05) is 11.8 Å².